The van der Waals surface area contributed by atoms with Gasteiger partial charge in [-0.1, -0.05) is 0 Å². The molecule has 0 spiro atoms. The molecular weight excluding hydrogens is 305 g/mol. The molecule has 1 fully saturated rings. The Kier molecular flexibility index (Phi) is 6.60. The molecule has 0 bridgehead atoms. The minimum absolute atomic E-state index is 0.221. The summed E-state index contributed by atoms with van der Waals surface area (Å²) in [7, 11) is 0. The third-order valence-corrected chi connectivity index (χ3v) is 3.07. The normalized spacial score (nSPS) is 18.8. The van der Waals surface area contributed by atoms with Crippen LogP contribution in [0.4, 0.5) is 18.0 Å². The number of urea groups is 1. The van der Waals surface area contributed by atoms with Crippen LogP contribution in [-0.2, 0) is 9.59 Å². The summed E-state index contributed by atoms with van der Waals surface area (Å²) in [5.41, 5.74) is 0. The summed E-state index contributed by atoms with van der Waals surface area (Å²) < 4.78 is 36.3. The number of nitrogens with zero attached hydrogens (tertiary/aromatic N) is 1. The number of alkyl halides is 3. The van der Waals surface area contributed by atoms with Gasteiger partial charge in [-0.25, -0.2) is 4.79 Å². The predicted molar refractivity (Wildman–Crippen MR) is 70.9 cm³/mol. The summed E-state index contributed by atoms with van der Waals surface area (Å²) >= 11 is 0. The van der Waals surface area contributed by atoms with Gasteiger partial charge in [0.1, 0.15) is 6.54 Å². The van der Waals surface area contributed by atoms with Crippen molar-refractivity contribution in [3.63, 3.8) is 0 Å². The van der Waals surface area contributed by atoms with Crippen molar-refractivity contribution in [1.82, 2.24) is 20.9 Å². The minimum atomic E-state index is -4.48. The minimum Gasteiger partial charge on any atom is -0.346 e. The van der Waals surface area contributed by atoms with E-state index in [0.717, 1.165) is 0 Å². The van der Waals surface area contributed by atoms with E-state index in [9.17, 15) is 27.6 Å². The Morgan fingerprint density at radius 3 is 2.50 bits per heavy atom. The van der Waals surface area contributed by atoms with Crippen LogP contribution in [0.2, 0.25) is 0 Å². The zero-order chi connectivity index (χ0) is 16.8. The van der Waals surface area contributed by atoms with E-state index in [1.165, 1.54) is 4.90 Å². The number of rotatable bonds is 5. The Balaban J connectivity index is 2.47. The van der Waals surface area contributed by atoms with Crippen molar-refractivity contribution in [1.29, 1.82) is 0 Å². The van der Waals surface area contributed by atoms with E-state index in [1.54, 1.807) is 6.92 Å². The predicted octanol–water partition coefficient (Wildman–Crippen LogP) is -0.0250. The van der Waals surface area contributed by atoms with Crippen molar-refractivity contribution >= 4 is 17.8 Å². The van der Waals surface area contributed by atoms with Crippen LogP contribution in [0.1, 0.15) is 19.8 Å². The Bertz CT molecular complexity index is 428. The third-order valence-electron chi connectivity index (χ3n) is 3.07. The number of carbonyl (C=O) groups is 3. The van der Waals surface area contributed by atoms with Crippen molar-refractivity contribution in [3.05, 3.63) is 0 Å². The van der Waals surface area contributed by atoms with E-state index in [0.29, 0.717) is 25.9 Å². The average Bonchev–Trinajstić information content (AvgIpc) is 2.83. The Morgan fingerprint density at radius 1 is 1.23 bits per heavy atom. The molecule has 4 amide bonds. The maximum Gasteiger partial charge on any atom is 0.405 e. The zero-order valence-corrected chi connectivity index (χ0v) is 12.1. The summed E-state index contributed by atoms with van der Waals surface area (Å²) in [4.78, 5) is 36.0. The lowest BCUT2D eigenvalue weighted by Gasteiger charge is -2.23. The van der Waals surface area contributed by atoms with Gasteiger partial charge in [0.2, 0.25) is 11.8 Å². The number of amides is 4. The van der Waals surface area contributed by atoms with Gasteiger partial charge in [0, 0.05) is 6.54 Å². The van der Waals surface area contributed by atoms with Crippen molar-refractivity contribution in [2.75, 3.05) is 26.2 Å². The van der Waals surface area contributed by atoms with Gasteiger partial charge in [-0.05, 0) is 26.3 Å². The molecule has 1 aliphatic rings. The van der Waals surface area contributed by atoms with Crippen LogP contribution in [0.15, 0.2) is 0 Å². The Labute approximate surface area is 125 Å². The summed E-state index contributed by atoms with van der Waals surface area (Å²) in [5.74, 6) is -1.37. The van der Waals surface area contributed by atoms with E-state index < -0.39 is 36.6 Å². The second-order valence-corrected chi connectivity index (χ2v) is 4.87. The summed E-state index contributed by atoms with van der Waals surface area (Å²) in [5, 5.41) is 6.27. The lowest BCUT2D eigenvalue weighted by Crippen LogP contribution is -2.50. The summed E-state index contributed by atoms with van der Waals surface area (Å²) in [6.07, 6.45) is -3.51. The molecule has 1 aliphatic heterocycles. The second kappa shape index (κ2) is 7.97. The molecule has 0 aliphatic carbocycles. The molecule has 7 nitrogen and oxygen atoms in total. The van der Waals surface area contributed by atoms with Crippen molar-refractivity contribution in [2.24, 2.45) is 0 Å². The number of nitrogens with one attached hydrogen (secondary N) is 3. The number of hydrogen-bond acceptors (Lipinski definition) is 4. The topological polar surface area (TPSA) is 90.5 Å². The van der Waals surface area contributed by atoms with E-state index in [4.69, 9.17) is 0 Å². The fourth-order valence-electron chi connectivity index (χ4n) is 2.17. The molecular formula is C12H19F3N4O3. The van der Waals surface area contributed by atoms with Crippen molar-refractivity contribution in [3.8, 4) is 0 Å². The molecule has 22 heavy (non-hydrogen) atoms. The van der Waals surface area contributed by atoms with Gasteiger partial charge in [-0.15, -0.1) is 0 Å². The van der Waals surface area contributed by atoms with Gasteiger partial charge < -0.3 is 10.6 Å². The van der Waals surface area contributed by atoms with Crippen LogP contribution in [0.25, 0.3) is 0 Å². The quantitative estimate of drug-likeness (QED) is 0.663. The van der Waals surface area contributed by atoms with Gasteiger partial charge in [0.05, 0.1) is 12.6 Å². The first-order valence-corrected chi connectivity index (χ1v) is 6.89. The number of hydrogen-bond donors (Lipinski definition) is 3. The number of carbonyl (C=O) groups excluding carboxylic acids is 3. The molecule has 10 heteroatoms. The number of imide groups is 1. The van der Waals surface area contributed by atoms with E-state index in [2.05, 4.69) is 10.6 Å². The highest BCUT2D eigenvalue weighted by atomic mass is 19.4. The fourth-order valence-corrected chi connectivity index (χ4v) is 2.17. The summed E-state index contributed by atoms with van der Waals surface area (Å²) in [6.45, 7) is 0.826. The second-order valence-electron chi connectivity index (χ2n) is 4.87. The summed E-state index contributed by atoms with van der Waals surface area (Å²) in [6, 6.07) is -1.44. The van der Waals surface area contributed by atoms with E-state index in [1.807, 2.05) is 5.32 Å². The maximum absolute atomic E-state index is 12.1. The van der Waals surface area contributed by atoms with Crippen molar-refractivity contribution < 1.29 is 27.6 Å². The molecule has 1 heterocycles. The number of halogens is 3. The van der Waals surface area contributed by atoms with E-state index >= 15 is 0 Å². The van der Waals surface area contributed by atoms with Crippen molar-refractivity contribution in [2.45, 2.75) is 32.0 Å². The van der Waals surface area contributed by atoms with Gasteiger partial charge >= 0.3 is 12.2 Å². The van der Waals surface area contributed by atoms with Gasteiger partial charge in [-0.3, -0.25) is 19.8 Å². The fraction of sp³-hybridized carbons (Fsp3) is 0.750. The van der Waals surface area contributed by atoms with Crippen LogP contribution in [0.5, 0.6) is 0 Å². The molecule has 1 atom stereocenters. The van der Waals surface area contributed by atoms with Crippen LogP contribution in [0, 0.1) is 0 Å². The molecule has 1 rings (SSSR count). The van der Waals surface area contributed by atoms with E-state index in [-0.39, 0.29) is 6.54 Å². The maximum atomic E-state index is 12.1. The molecule has 126 valence electrons. The highest BCUT2D eigenvalue weighted by Gasteiger charge is 2.34. The highest BCUT2D eigenvalue weighted by molar-refractivity contribution is 5.95. The first-order chi connectivity index (χ1) is 10.2. The van der Waals surface area contributed by atoms with Gasteiger partial charge in [0.25, 0.3) is 0 Å². The molecule has 0 aromatic carbocycles. The Morgan fingerprint density at radius 2 is 1.91 bits per heavy atom. The smallest absolute Gasteiger partial charge is 0.346 e. The monoisotopic (exact) mass is 324 g/mol. The molecule has 1 unspecified atom stereocenters. The van der Waals surface area contributed by atoms with Crippen LogP contribution in [0.3, 0.4) is 0 Å². The standard InChI is InChI=1S/C12H19F3N4O3/c1-2-16-11(22)18-9(20)6-19-5-3-4-8(19)10(21)17-7-12(13,14)15/h8H,2-7H2,1H3,(H,17,21)(H2,16,18,20,22). The number of likely N-dealkylation sites (tertiary alicyclic amines) is 1. The largest absolute Gasteiger partial charge is 0.405 e. The van der Waals surface area contributed by atoms with Crippen LogP contribution in [-0.4, -0.2) is 61.1 Å². The van der Waals surface area contributed by atoms with Gasteiger partial charge in [0.15, 0.2) is 0 Å². The molecule has 0 saturated carbocycles. The van der Waals surface area contributed by atoms with Crippen LogP contribution >= 0.6 is 0 Å². The van der Waals surface area contributed by atoms with Crippen LogP contribution < -0.4 is 16.0 Å². The average molecular weight is 324 g/mol. The SMILES string of the molecule is CCNC(=O)NC(=O)CN1CCCC1C(=O)NCC(F)(F)F. The Hall–Kier alpha value is -1.84. The molecule has 0 aromatic heterocycles. The zero-order valence-electron chi connectivity index (χ0n) is 12.1. The molecule has 0 aromatic rings. The first kappa shape index (κ1) is 18.2. The molecule has 3 N–H and O–H groups in total. The van der Waals surface area contributed by atoms with Gasteiger partial charge in [-0.2, -0.15) is 13.2 Å². The lowest BCUT2D eigenvalue weighted by atomic mass is 10.2. The molecule has 1 saturated heterocycles. The third kappa shape index (κ3) is 6.29. The highest BCUT2D eigenvalue weighted by Crippen LogP contribution is 2.18. The molecule has 0 radical (unpaired) electrons. The lowest BCUT2D eigenvalue weighted by molar-refractivity contribution is -0.141. The first-order valence-electron chi connectivity index (χ1n) is 6.89.